The number of likely N-dealkylation sites (tertiary alicyclic amines) is 1. The van der Waals surface area contributed by atoms with E-state index in [1.54, 1.807) is 6.07 Å². The number of anilines is 2. The first-order valence-electron chi connectivity index (χ1n) is 8.96. The second-order valence-corrected chi connectivity index (χ2v) is 7.31. The molecule has 1 N–H and O–H groups in total. The molecule has 2 heterocycles. The van der Waals surface area contributed by atoms with Crippen molar-refractivity contribution in [3.8, 4) is 5.69 Å². The van der Waals surface area contributed by atoms with Crippen LogP contribution in [0.2, 0.25) is 0 Å². The minimum absolute atomic E-state index is 0. The third-order valence-electron chi connectivity index (χ3n) is 4.86. The van der Waals surface area contributed by atoms with E-state index in [2.05, 4.69) is 15.4 Å². The highest BCUT2D eigenvalue weighted by molar-refractivity contribution is 5.57. The molecule has 148 valence electrons. The van der Waals surface area contributed by atoms with Crippen LogP contribution in [0.15, 0.2) is 42.7 Å². The Morgan fingerprint density at radius 1 is 1.11 bits per heavy atom. The Labute approximate surface area is 162 Å². The minimum atomic E-state index is -1.39. The maximum atomic E-state index is 15.3. The summed E-state index contributed by atoms with van der Waals surface area (Å²) in [5.41, 5.74) is 1.02. The smallest absolute Gasteiger partial charge is 0.246 e. The summed E-state index contributed by atoms with van der Waals surface area (Å²) < 4.78 is 43.4. The number of hydrogen-bond acceptors (Lipinski definition) is 4. The first-order valence-corrected chi connectivity index (χ1v) is 8.96. The van der Waals surface area contributed by atoms with Crippen molar-refractivity contribution in [2.75, 3.05) is 25.5 Å². The Morgan fingerprint density at radius 2 is 1.86 bits per heavy atom. The molecular weight excluding hydrogens is 367 g/mol. The molecule has 1 atom stereocenters. The van der Waals surface area contributed by atoms with Gasteiger partial charge in [-0.1, -0.05) is 6.07 Å². The molecule has 1 aromatic heterocycles. The van der Waals surface area contributed by atoms with Gasteiger partial charge in [0.05, 0.1) is 5.69 Å². The van der Waals surface area contributed by atoms with Crippen LogP contribution in [-0.4, -0.2) is 39.8 Å². The third-order valence-corrected chi connectivity index (χ3v) is 4.86. The van der Waals surface area contributed by atoms with Crippen LogP contribution in [0.1, 0.15) is 19.0 Å². The Bertz CT molecular complexity index is 1000. The van der Waals surface area contributed by atoms with E-state index in [1.165, 1.54) is 11.0 Å². The second-order valence-electron chi connectivity index (χ2n) is 7.31. The zero-order valence-corrected chi connectivity index (χ0v) is 15.6. The van der Waals surface area contributed by atoms with Gasteiger partial charge in [0.15, 0.2) is 0 Å². The van der Waals surface area contributed by atoms with Crippen LogP contribution < -0.4 is 5.32 Å². The number of aromatic nitrogens is 3. The Morgan fingerprint density at radius 3 is 2.54 bits per heavy atom. The minimum Gasteiger partial charge on any atom is -0.323 e. The summed E-state index contributed by atoms with van der Waals surface area (Å²) in [6, 6.07) is 8.60. The number of rotatable bonds is 4. The van der Waals surface area contributed by atoms with Crippen molar-refractivity contribution in [2.45, 2.75) is 19.0 Å². The zero-order valence-electron chi connectivity index (χ0n) is 15.6. The summed E-state index contributed by atoms with van der Waals surface area (Å²) in [6.45, 7) is 2.97. The monoisotopic (exact) mass is 389 g/mol. The lowest BCUT2D eigenvalue weighted by Crippen LogP contribution is -2.24. The molecule has 1 aliphatic rings. The van der Waals surface area contributed by atoms with E-state index in [0.29, 0.717) is 30.8 Å². The highest BCUT2D eigenvalue weighted by Crippen LogP contribution is 2.37. The van der Waals surface area contributed by atoms with Crippen molar-refractivity contribution in [2.24, 2.45) is 0 Å². The Hall–Kier alpha value is -2.87. The van der Waals surface area contributed by atoms with Gasteiger partial charge in [0.2, 0.25) is 5.95 Å². The van der Waals surface area contributed by atoms with E-state index in [9.17, 15) is 8.78 Å². The summed E-state index contributed by atoms with van der Waals surface area (Å²) in [5, 5.41) is 7.25. The molecule has 1 saturated heterocycles. The van der Waals surface area contributed by atoms with Gasteiger partial charge in [-0.05, 0) is 55.8 Å². The molecule has 0 spiro atoms. The van der Waals surface area contributed by atoms with E-state index < -0.39 is 17.3 Å². The van der Waals surface area contributed by atoms with Crippen LogP contribution in [0.4, 0.5) is 24.8 Å². The molecule has 0 aliphatic carbocycles. The topological polar surface area (TPSA) is 46.0 Å². The van der Waals surface area contributed by atoms with Gasteiger partial charge >= 0.3 is 0 Å². The number of nitrogens with zero attached hydrogens (tertiary/aromatic N) is 4. The van der Waals surface area contributed by atoms with Crippen LogP contribution in [0, 0.1) is 18.6 Å². The normalized spacial score (nSPS) is 19.9. The molecule has 2 aromatic carbocycles. The number of hydrogen-bond donors (Lipinski definition) is 1. The van der Waals surface area contributed by atoms with Crippen LogP contribution in [0.3, 0.4) is 0 Å². The van der Waals surface area contributed by atoms with Crippen LogP contribution in [-0.2, 0) is 5.67 Å². The molecule has 5 nitrogen and oxygen atoms in total. The van der Waals surface area contributed by atoms with Gasteiger partial charge < -0.3 is 10.2 Å². The van der Waals surface area contributed by atoms with E-state index >= 15 is 4.39 Å². The number of nitrogens with one attached hydrogen (secondary N) is 1. The lowest BCUT2D eigenvalue weighted by Gasteiger charge is -2.21. The zero-order chi connectivity index (χ0) is 19.9. The number of halogens is 3. The fourth-order valence-corrected chi connectivity index (χ4v) is 3.55. The van der Waals surface area contributed by atoms with Gasteiger partial charge in [-0.25, -0.2) is 17.9 Å². The Kier molecular flexibility index (Phi) is 4.58. The van der Waals surface area contributed by atoms with Gasteiger partial charge in [0.25, 0.3) is 0 Å². The maximum Gasteiger partial charge on any atom is 0.246 e. The predicted molar refractivity (Wildman–Crippen MR) is 103 cm³/mol. The molecule has 4 rings (SSSR count). The molecular formula is C20H22F3N5. The lowest BCUT2D eigenvalue weighted by atomic mass is 9.93. The van der Waals surface area contributed by atoms with Gasteiger partial charge in [-0.15, -0.1) is 5.10 Å². The maximum absolute atomic E-state index is 15.3. The van der Waals surface area contributed by atoms with Gasteiger partial charge in [0, 0.05) is 26.3 Å². The fourth-order valence-electron chi connectivity index (χ4n) is 3.55. The predicted octanol–water partition coefficient (Wildman–Crippen LogP) is 4.34. The van der Waals surface area contributed by atoms with Gasteiger partial charge in [-0.2, -0.15) is 4.98 Å². The molecule has 1 unspecified atom stereocenters. The van der Waals surface area contributed by atoms with Crippen molar-refractivity contribution in [1.29, 1.82) is 0 Å². The largest absolute Gasteiger partial charge is 0.323 e. The second kappa shape index (κ2) is 6.94. The summed E-state index contributed by atoms with van der Waals surface area (Å²) in [6.07, 6.45) is 1.81. The van der Waals surface area contributed by atoms with E-state index in [1.807, 2.05) is 31.0 Å². The van der Waals surface area contributed by atoms with Crippen LogP contribution in [0.5, 0.6) is 0 Å². The quantitative estimate of drug-likeness (QED) is 0.721. The number of benzene rings is 2. The molecule has 28 heavy (non-hydrogen) atoms. The molecule has 0 amide bonds. The molecule has 0 bridgehead atoms. The molecule has 0 radical (unpaired) electrons. The van der Waals surface area contributed by atoms with Crippen LogP contribution >= 0.6 is 0 Å². The Balaban J connectivity index is 0.00000240. The van der Waals surface area contributed by atoms with E-state index in [-0.39, 0.29) is 13.1 Å². The molecule has 1 aliphatic heterocycles. The van der Waals surface area contributed by atoms with Gasteiger partial charge in [0.1, 0.15) is 23.6 Å². The molecule has 8 heteroatoms. The average Bonchev–Trinajstić information content (AvgIpc) is 3.21. The average molecular weight is 389 g/mol. The van der Waals surface area contributed by atoms with Gasteiger partial charge in [-0.3, -0.25) is 0 Å². The first kappa shape index (κ1) is 18.5. The number of aryl methyl sites for hydroxylation is 1. The lowest BCUT2D eigenvalue weighted by molar-refractivity contribution is 0.175. The van der Waals surface area contributed by atoms with Crippen molar-refractivity contribution in [3.63, 3.8) is 0 Å². The van der Waals surface area contributed by atoms with E-state index in [0.717, 1.165) is 23.8 Å². The molecule has 3 aromatic rings. The fraction of sp³-hybridized carbons (Fsp3) is 0.300. The third kappa shape index (κ3) is 3.73. The first-order chi connectivity index (χ1) is 13.3. The van der Waals surface area contributed by atoms with E-state index in [4.69, 9.17) is 0 Å². The summed E-state index contributed by atoms with van der Waals surface area (Å²) in [4.78, 5) is 6.10. The van der Waals surface area contributed by atoms with Crippen molar-refractivity contribution >= 4 is 11.6 Å². The molecule has 1 fully saturated rings. The highest BCUT2D eigenvalue weighted by atomic mass is 19.1. The number of alkyl halides is 1. The summed E-state index contributed by atoms with van der Waals surface area (Å²) in [7, 11) is 1.90. The molecule has 0 saturated carbocycles. The number of likely N-dealkylation sites (N-methyl/N-ethyl adjacent to an activating group) is 1. The summed E-state index contributed by atoms with van der Waals surface area (Å²) >= 11 is 0. The van der Waals surface area contributed by atoms with Crippen molar-refractivity contribution in [1.82, 2.24) is 19.7 Å². The highest BCUT2D eigenvalue weighted by Gasteiger charge is 2.38. The summed E-state index contributed by atoms with van der Waals surface area (Å²) in [5.74, 6) is -1.14. The van der Waals surface area contributed by atoms with Crippen LogP contribution in [0.25, 0.3) is 5.69 Å². The van der Waals surface area contributed by atoms with Crippen molar-refractivity contribution < 1.29 is 14.6 Å². The SMILES string of the molecule is Cc1cc(Nc2ncn(-c3cc(F)cc(F)c3)n2)cc(C2(F)CCN(C)C2)c1.[HH]. The standard InChI is InChI=1S/C20H20F3N5.H2/c1-13-5-14(20(23)3-4-27(2)11-20)7-17(6-13)25-19-24-12-28(26-19)18-9-15(21)8-16(22)10-18;/h5-10,12H,3-4,11H2,1-2H3,(H,25,26);1H. The van der Waals surface area contributed by atoms with Crippen molar-refractivity contribution in [3.05, 3.63) is 65.5 Å².